The molecule has 144 valence electrons. The van der Waals surface area contributed by atoms with Crippen LogP contribution in [0.5, 0.6) is 5.75 Å². The zero-order valence-corrected chi connectivity index (χ0v) is 15.8. The highest BCUT2D eigenvalue weighted by Gasteiger charge is 2.08. The number of benzene rings is 3. The Kier molecular flexibility index (Phi) is 6.45. The van der Waals surface area contributed by atoms with E-state index in [1.165, 1.54) is 0 Å². The SMILES string of the molecule is CC(O)Cc1cccc(-c2cccc(COc3ccccc3CC(=O)O)c2)c1. The molecule has 3 aromatic rings. The Morgan fingerprint density at radius 3 is 2.25 bits per heavy atom. The summed E-state index contributed by atoms with van der Waals surface area (Å²) in [4.78, 5) is 11.0. The molecule has 0 aliphatic heterocycles. The molecule has 3 aromatic carbocycles. The van der Waals surface area contributed by atoms with Gasteiger partial charge in [-0.1, -0.05) is 60.7 Å². The van der Waals surface area contributed by atoms with Crippen LogP contribution in [0.2, 0.25) is 0 Å². The molecule has 1 unspecified atom stereocenters. The minimum Gasteiger partial charge on any atom is -0.489 e. The van der Waals surface area contributed by atoms with Gasteiger partial charge in [-0.15, -0.1) is 0 Å². The van der Waals surface area contributed by atoms with E-state index in [1.54, 1.807) is 19.1 Å². The van der Waals surface area contributed by atoms with Crippen LogP contribution in [0.1, 0.15) is 23.6 Å². The molecule has 0 saturated heterocycles. The van der Waals surface area contributed by atoms with Crippen molar-refractivity contribution in [3.63, 3.8) is 0 Å². The number of carbonyl (C=O) groups is 1. The molecule has 0 bridgehead atoms. The first-order valence-corrected chi connectivity index (χ1v) is 9.30. The summed E-state index contributed by atoms with van der Waals surface area (Å²) in [5.41, 5.74) is 4.93. The van der Waals surface area contributed by atoms with Gasteiger partial charge in [0.2, 0.25) is 0 Å². The molecule has 0 fully saturated rings. The first-order chi connectivity index (χ1) is 13.5. The van der Waals surface area contributed by atoms with Crippen molar-refractivity contribution < 1.29 is 19.7 Å². The van der Waals surface area contributed by atoms with Crippen LogP contribution in [-0.2, 0) is 24.2 Å². The summed E-state index contributed by atoms with van der Waals surface area (Å²) >= 11 is 0. The molecule has 0 saturated carbocycles. The fraction of sp³-hybridized carbons (Fsp3) is 0.208. The Hall–Kier alpha value is -3.11. The number of para-hydroxylation sites is 1. The second-order valence-corrected chi connectivity index (χ2v) is 6.92. The van der Waals surface area contributed by atoms with Crippen LogP contribution < -0.4 is 4.74 Å². The molecular formula is C24H24O4. The monoisotopic (exact) mass is 376 g/mol. The standard InChI is InChI=1S/C24H24O4/c1-17(25)12-18-6-4-9-20(13-18)21-10-5-7-19(14-21)16-28-23-11-3-2-8-22(23)15-24(26)27/h2-11,13-14,17,25H,12,15-16H2,1H3,(H,26,27). The summed E-state index contributed by atoms with van der Waals surface area (Å²) < 4.78 is 5.89. The van der Waals surface area contributed by atoms with Gasteiger partial charge in [0.15, 0.2) is 0 Å². The van der Waals surface area contributed by atoms with Crippen LogP contribution in [0.15, 0.2) is 72.8 Å². The Bertz CT molecular complexity index is 947. The first-order valence-electron chi connectivity index (χ1n) is 9.30. The number of hydrogen-bond acceptors (Lipinski definition) is 3. The van der Waals surface area contributed by atoms with Gasteiger partial charge in [-0.05, 0) is 47.7 Å². The van der Waals surface area contributed by atoms with Crippen molar-refractivity contribution in [2.45, 2.75) is 32.5 Å². The second kappa shape index (κ2) is 9.20. The molecule has 2 N–H and O–H groups in total. The molecule has 0 amide bonds. The van der Waals surface area contributed by atoms with Crippen molar-refractivity contribution in [1.29, 1.82) is 0 Å². The summed E-state index contributed by atoms with van der Waals surface area (Å²) in [6.07, 6.45) is 0.185. The molecule has 0 radical (unpaired) electrons. The predicted octanol–water partition coefficient (Wildman–Crippen LogP) is 4.48. The average Bonchev–Trinajstić information content (AvgIpc) is 2.67. The molecule has 0 aliphatic rings. The maximum Gasteiger partial charge on any atom is 0.307 e. The Balaban J connectivity index is 1.75. The molecule has 4 heteroatoms. The van der Waals surface area contributed by atoms with Gasteiger partial charge in [-0.3, -0.25) is 4.79 Å². The third-order valence-corrected chi connectivity index (χ3v) is 4.43. The molecule has 0 heterocycles. The molecule has 0 spiro atoms. The molecule has 1 atom stereocenters. The van der Waals surface area contributed by atoms with E-state index in [0.29, 0.717) is 24.3 Å². The van der Waals surface area contributed by atoms with E-state index >= 15 is 0 Å². The Morgan fingerprint density at radius 1 is 0.929 bits per heavy atom. The fourth-order valence-electron chi connectivity index (χ4n) is 3.17. The maximum absolute atomic E-state index is 11.0. The van der Waals surface area contributed by atoms with Crippen LogP contribution >= 0.6 is 0 Å². The van der Waals surface area contributed by atoms with E-state index in [0.717, 1.165) is 22.3 Å². The lowest BCUT2D eigenvalue weighted by Crippen LogP contribution is -2.04. The highest BCUT2D eigenvalue weighted by Crippen LogP contribution is 2.24. The molecule has 28 heavy (non-hydrogen) atoms. The van der Waals surface area contributed by atoms with E-state index in [1.807, 2.05) is 48.5 Å². The summed E-state index contributed by atoms with van der Waals surface area (Å²) in [5, 5.41) is 18.7. The minimum absolute atomic E-state index is 0.0632. The maximum atomic E-state index is 11.0. The zero-order valence-electron chi connectivity index (χ0n) is 15.8. The van der Waals surface area contributed by atoms with Crippen molar-refractivity contribution in [2.75, 3.05) is 0 Å². The quantitative estimate of drug-likeness (QED) is 0.608. The number of aliphatic hydroxyl groups is 1. The molecule has 0 aliphatic carbocycles. The number of aliphatic hydroxyl groups excluding tert-OH is 1. The predicted molar refractivity (Wildman–Crippen MR) is 109 cm³/mol. The molecule has 0 aromatic heterocycles. The van der Waals surface area contributed by atoms with E-state index in [9.17, 15) is 9.90 Å². The fourth-order valence-corrected chi connectivity index (χ4v) is 3.17. The molecule has 3 rings (SSSR count). The Labute approximate surface area is 165 Å². The van der Waals surface area contributed by atoms with Crippen LogP contribution in [0.4, 0.5) is 0 Å². The number of carboxylic acid groups (broad SMARTS) is 1. The van der Waals surface area contributed by atoms with E-state index in [2.05, 4.69) is 12.1 Å². The van der Waals surface area contributed by atoms with E-state index < -0.39 is 5.97 Å². The van der Waals surface area contributed by atoms with Crippen LogP contribution in [-0.4, -0.2) is 22.3 Å². The van der Waals surface area contributed by atoms with Gasteiger partial charge in [0.05, 0.1) is 12.5 Å². The number of hydrogen-bond donors (Lipinski definition) is 2. The first kappa shape index (κ1) is 19.6. The number of aliphatic carboxylic acids is 1. The van der Waals surface area contributed by atoms with Crippen molar-refractivity contribution >= 4 is 5.97 Å². The summed E-state index contributed by atoms with van der Waals surface area (Å²) in [6, 6.07) is 23.5. The number of carboxylic acids is 1. The van der Waals surface area contributed by atoms with Gasteiger partial charge < -0.3 is 14.9 Å². The highest BCUT2D eigenvalue weighted by molar-refractivity contribution is 5.71. The van der Waals surface area contributed by atoms with Gasteiger partial charge in [-0.25, -0.2) is 0 Å². The number of rotatable bonds is 8. The Morgan fingerprint density at radius 2 is 1.57 bits per heavy atom. The van der Waals surface area contributed by atoms with Gasteiger partial charge >= 0.3 is 5.97 Å². The van der Waals surface area contributed by atoms with Crippen molar-refractivity contribution in [2.24, 2.45) is 0 Å². The molecule has 4 nitrogen and oxygen atoms in total. The van der Waals surface area contributed by atoms with Crippen LogP contribution in [0.3, 0.4) is 0 Å². The lowest BCUT2D eigenvalue weighted by molar-refractivity contribution is -0.136. The smallest absolute Gasteiger partial charge is 0.307 e. The minimum atomic E-state index is -0.880. The highest BCUT2D eigenvalue weighted by atomic mass is 16.5. The summed E-state index contributed by atoms with van der Waals surface area (Å²) in [5.74, 6) is -0.288. The third kappa shape index (κ3) is 5.44. The lowest BCUT2D eigenvalue weighted by atomic mass is 9.99. The van der Waals surface area contributed by atoms with Crippen molar-refractivity contribution in [1.82, 2.24) is 0 Å². The average molecular weight is 376 g/mol. The van der Waals surface area contributed by atoms with Crippen molar-refractivity contribution in [3.05, 3.63) is 89.5 Å². The van der Waals surface area contributed by atoms with Crippen LogP contribution in [0, 0.1) is 0 Å². The van der Waals surface area contributed by atoms with E-state index in [-0.39, 0.29) is 12.5 Å². The van der Waals surface area contributed by atoms with Gasteiger partial charge in [0.25, 0.3) is 0 Å². The third-order valence-electron chi connectivity index (χ3n) is 4.43. The summed E-state index contributed by atoms with van der Waals surface area (Å²) in [6.45, 7) is 2.14. The van der Waals surface area contributed by atoms with Gasteiger partial charge in [-0.2, -0.15) is 0 Å². The zero-order chi connectivity index (χ0) is 19.9. The summed E-state index contributed by atoms with van der Waals surface area (Å²) in [7, 11) is 0. The van der Waals surface area contributed by atoms with Gasteiger partial charge in [0.1, 0.15) is 12.4 Å². The molecular weight excluding hydrogens is 352 g/mol. The normalized spacial score (nSPS) is 11.8. The van der Waals surface area contributed by atoms with Crippen molar-refractivity contribution in [3.8, 4) is 16.9 Å². The largest absolute Gasteiger partial charge is 0.489 e. The topological polar surface area (TPSA) is 66.8 Å². The number of ether oxygens (including phenoxy) is 1. The second-order valence-electron chi connectivity index (χ2n) is 6.92. The lowest BCUT2D eigenvalue weighted by Gasteiger charge is -2.12. The van der Waals surface area contributed by atoms with E-state index in [4.69, 9.17) is 9.84 Å². The van der Waals surface area contributed by atoms with Gasteiger partial charge in [0, 0.05) is 5.56 Å². The van der Waals surface area contributed by atoms with Crippen LogP contribution in [0.25, 0.3) is 11.1 Å².